The summed E-state index contributed by atoms with van der Waals surface area (Å²) in [5, 5.41) is 17.3. The summed E-state index contributed by atoms with van der Waals surface area (Å²) in [4.78, 5) is 51.1. The maximum absolute atomic E-state index is 12.8. The minimum atomic E-state index is -0.466. The van der Waals surface area contributed by atoms with Gasteiger partial charge in [-0.1, -0.05) is 11.3 Å². The summed E-state index contributed by atoms with van der Waals surface area (Å²) in [5.74, 6) is 0.416. The number of carbonyl (C=O) groups is 3. The highest BCUT2D eigenvalue weighted by atomic mass is 16.5. The fourth-order valence-corrected chi connectivity index (χ4v) is 5.18. The van der Waals surface area contributed by atoms with Crippen molar-refractivity contribution in [3.63, 3.8) is 0 Å². The third-order valence-corrected chi connectivity index (χ3v) is 7.75. The van der Waals surface area contributed by atoms with Gasteiger partial charge in [-0.05, 0) is 80.8 Å². The number of aromatic nitrogens is 5. The molecule has 15 heteroatoms. The van der Waals surface area contributed by atoms with Crippen LogP contribution in [0.15, 0.2) is 72.8 Å². The molecule has 0 unspecified atom stereocenters. The maximum Gasteiger partial charge on any atom is 0.337 e. The average molecular weight is 665 g/mol. The zero-order chi connectivity index (χ0) is 34.3. The number of esters is 1. The van der Waals surface area contributed by atoms with Crippen LogP contribution in [0.1, 0.15) is 20.7 Å². The van der Waals surface area contributed by atoms with Gasteiger partial charge in [0.25, 0.3) is 5.91 Å². The third-order valence-electron chi connectivity index (χ3n) is 7.75. The second kappa shape index (κ2) is 14.9. The summed E-state index contributed by atoms with van der Waals surface area (Å²) >= 11 is 0. The molecular weight excluding hydrogens is 628 g/mol. The minimum absolute atomic E-state index is 0.174. The van der Waals surface area contributed by atoms with Gasteiger partial charge >= 0.3 is 12.0 Å². The predicted octanol–water partition coefficient (Wildman–Crippen LogP) is 3.44. The number of nitrogens with one attached hydrogen (secondary N) is 3. The van der Waals surface area contributed by atoms with Gasteiger partial charge in [0.2, 0.25) is 0 Å². The maximum atomic E-state index is 12.8. The lowest BCUT2D eigenvalue weighted by Crippen LogP contribution is -2.37. The van der Waals surface area contributed by atoms with Crippen molar-refractivity contribution in [1.29, 1.82) is 0 Å². The number of urea groups is 1. The molecule has 3 heterocycles. The number of anilines is 3. The second-order valence-corrected chi connectivity index (χ2v) is 11.5. The number of benzene rings is 3. The number of hydrogen-bond donors (Lipinski definition) is 3. The first-order valence-corrected chi connectivity index (χ1v) is 15.7. The molecule has 0 saturated carbocycles. The van der Waals surface area contributed by atoms with Crippen LogP contribution in [0.2, 0.25) is 0 Å². The molecule has 2 aromatic heterocycles. The number of ether oxygens (including phenoxy) is 2. The van der Waals surface area contributed by atoms with Crippen LogP contribution in [0.25, 0.3) is 28.2 Å². The van der Waals surface area contributed by atoms with Crippen molar-refractivity contribution < 1.29 is 23.9 Å². The number of methoxy groups -OCH3 is 1. The molecule has 0 atom stereocenters. The van der Waals surface area contributed by atoms with E-state index in [1.54, 1.807) is 65.3 Å². The molecule has 3 aromatic carbocycles. The summed E-state index contributed by atoms with van der Waals surface area (Å²) in [6.45, 7) is 3.63. The number of rotatable bonds is 10. The Labute approximate surface area is 282 Å². The molecule has 0 aliphatic carbocycles. The Morgan fingerprint density at radius 2 is 1.59 bits per heavy atom. The van der Waals surface area contributed by atoms with Gasteiger partial charge in [-0.2, -0.15) is 4.68 Å². The Balaban J connectivity index is 1.20. The normalized spacial score (nSPS) is 12.9. The zero-order valence-electron chi connectivity index (χ0n) is 27.3. The van der Waals surface area contributed by atoms with Gasteiger partial charge in [-0.25, -0.2) is 19.6 Å². The van der Waals surface area contributed by atoms with E-state index in [4.69, 9.17) is 19.4 Å². The van der Waals surface area contributed by atoms with Gasteiger partial charge in [0, 0.05) is 48.7 Å². The van der Waals surface area contributed by atoms with E-state index in [1.165, 1.54) is 7.11 Å². The fraction of sp³-hybridized carbons (Fsp3) is 0.265. The first-order valence-electron chi connectivity index (χ1n) is 15.7. The van der Waals surface area contributed by atoms with Crippen LogP contribution in [-0.2, 0) is 9.47 Å². The Morgan fingerprint density at radius 3 is 2.27 bits per heavy atom. The number of fused-ring (bicyclic) bond motifs is 1. The van der Waals surface area contributed by atoms with Crippen molar-refractivity contribution in [1.82, 2.24) is 35.2 Å². The van der Waals surface area contributed by atoms with Gasteiger partial charge in [-0.15, -0.1) is 5.10 Å². The Kier molecular flexibility index (Phi) is 10.0. The van der Waals surface area contributed by atoms with Crippen molar-refractivity contribution >= 4 is 46.3 Å². The molecule has 3 amide bonds. The third kappa shape index (κ3) is 7.80. The molecule has 5 aromatic rings. The van der Waals surface area contributed by atoms with Crippen LogP contribution in [0.3, 0.4) is 0 Å². The Bertz CT molecular complexity index is 1960. The molecule has 1 fully saturated rings. The van der Waals surface area contributed by atoms with Crippen LogP contribution < -0.4 is 20.9 Å². The van der Waals surface area contributed by atoms with E-state index >= 15 is 0 Å². The molecular formula is C34H36N10O5. The van der Waals surface area contributed by atoms with Gasteiger partial charge in [0.15, 0.2) is 22.8 Å². The predicted molar refractivity (Wildman–Crippen MR) is 184 cm³/mol. The number of amides is 3. The Hall–Kier alpha value is -5.93. The monoisotopic (exact) mass is 664 g/mol. The smallest absolute Gasteiger partial charge is 0.337 e. The number of carbonyl (C=O) groups excluding carboxylic acids is 3. The minimum Gasteiger partial charge on any atom is -0.465 e. The zero-order valence-corrected chi connectivity index (χ0v) is 27.3. The molecule has 1 aliphatic rings. The molecule has 6 rings (SSSR count). The summed E-state index contributed by atoms with van der Waals surface area (Å²) in [5.41, 5.74) is 4.25. The van der Waals surface area contributed by atoms with Crippen LogP contribution in [0.4, 0.5) is 22.0 Å². The van der Waals surface area contributed by atoms with Crippen LogP contribution >= 0.6 is 0 Å². The number of hydrogen-bond acceptors (Lipinski definition) is 11. The number of morpholine rings is 1. The van der Waals surface area contributed by atoms with Crippen LogP contribution in [0.5, 0.6) is 0 Å². The van der Waals surface area contributed by atoms with Crippen LogP contribution in [-0.4, -0.2) is 108 Å². The van der Waals surface area contributed by atoms with E-state index in [-0.39, 0.29) is 5.91 Å². The van der Waals surface area contributed by atoms with Gasteiger partial charge in [0.05, 0.1) is 31.6 Å². The molecule has 49 heavy (non-hydrogen) atoms. The van der Waals surface area contributed by atoms with Crippen molar-refractivity contribution in [3.8, 4) is 17.1 Å². The highest BCUT2D eigenvalue weighted by Crippen LogP contribution is 2.29. The molecule has 0 radical (unpaired) electrons. The van der Waals surface area contributed by atoms with Crippen molar-refractivity contribution in [2.24, 2.45) is 0 Å². The molecule has 1 aliphatic heterocycles. The van der Waals surface area contributed by atoms with Gasteiger partial charge < -0.3 is 35.2 Å². The van der Waals surface area contributed by atoms with Gasteiger partial charge in [-0.3, -0.25) is 4.79 Å². The van der Waals surface area contributed by atoms with Gasteiger partial charge in [0.1, 0.15) is 0 Å². The largest absolute Gasteiger partial charge is 0.465 e. The average Bonchev–Trinajstić information content (AvgIpc) is 3.56. The van der Waals surface area contributed by atoms with E-state index in [1.807, 2.05) is 31.1 Å². The van der Waals surface area contributed by atoms with E-state index in [0.717, 1.165) is 6.54 Å². The standard InChI is InChI=1S/C34H36N10O5/c1-42(2)16-15-35-32(45)23-9-13-26(14-10-23)37-34(47)36-25-11-7-22(8-12-25)29-38-30(43-17-19-49-20-18-43)28-31(39-29)44(41-40-28)27-6-4-5-24(21-27)33(46)48-3/h4-14,21H,15-20H2,1-3H3,(H,35,45)(H2,36,37,47). The number of nitrogens with zero attached hydrogens (tertiary/aromatic N) is 7. The first-order chi connectivity index (χ1) is 23.8. The highest BCUT2D eigenvalue weighted by Gasteiger charge is 2.23. The summed E-state index contributed by atoms with van der Waals surface area (Å²) in [6, 6.07) is 20.3. The van der Waals surface area contributed by atoms with Crippen LogP contribution in [0, 0.1) is 0 Å². The lowest BCUT2D eigenvalue weighted by Gasteiger charge is -2.28. The lowest BCUT2D eigenvalue weighted by molar-refractivity contribution is 0.0600. The molecule has 252 valence electrons. The van der Waals surface area contributed by atoms with E-state index in [0.29, 0.717) is 89.4 Å². The molecule has 3 N–H and O–H groups in total. The molecule has 0 spiro atoms. The molecule has 0 bridgehead atoms. The fourth-order valence-electron chi connectivity index (χ4n) is 5.18. The number of likely N-dealkylation sites (N-methyl/N-ethyl adjacent to an activating group) is 1. The summed E-state index contributed by atoms with van der Waals surface area (Å²) in [6.07, 6.45) is 0. The molecule has 1 saturated heterocycles. The van der Waals surface area contributed by atoms with E-state index in [2.05, 4.69) is 31.2 Å². The first kappa shape index (κ1) is 33.0. The van der Waals surface area contributed by atoms with E-state index in [9.17, 15) is 14.4 Å². The van der Waals surface area contributed by atoms with Crippen molar-refractivity contribution in [3.05, 3.63) is 83.9 Å². The quantitative estimate of drug-likeness (QED) is 0.187. The topological polar surface area (TPSA) is 169 Å². The Morgan fingerprint density at radius 1 is 0.898 bits per heavy atom. The van der Waals surface area contributed by atoms with Crippen molar-refractivity contribution in [2.45, 2.75) is 0 Å². The highest BCUT2D eigenvalue weighted by molar-refractivity contribution is 6.00. The second-order valence-electron chi connectivity index (χ2n) is 11.5. The molecule has 15 nitrogen and oxygen atoms in total. The van der Waals surface area contributed by atoms with E-state index < -0.39 is 12.0 Å². The van der Waals surface area contributed by atoms with Crippen molar-refractivity contribution in [2.75, 3.05) is 76.1 Å². The summed E-state index contributed by atoms with van der Waals surface area (Å²) < 4.78 is 12.0. The SMILES string of the molecule is COC(=O)c1cccc(-n2nnc3c(N4CCOCC4)nc(-c4ccc(NC(=O)Nc5ccc(C(=O)NCCN(C)C)cc5)cc4)nc32)c1. The summed E-state index contributed by atoms with van der Waals surface area (Å²) in [7, 11) is 5.21. The lowest BCUT2D eigenvalue weighted by atomic mass is 10.2.